The number of aliphatic hydroxyl groups is 1. The van der Waals surface area contributed by atoms with Gasteiger partial charge in [0.2, 0.25) is 5.91 Å². The van der Waals surface area contributed by atoms with Crippen molar-refractivity contribution in [2.45, 2.75) is 38.1 Å². The third kappa shape index (κ3) is 2.27. The third-order valence-corrected chi connectivity index (χ3v) is 4.03. The van der Waals surface area contributed by atoms with Crippen molar-refractivity contribution >= 4 is 5.91 Å². The van der Waals surface area contributed by atoms with Crippen LogP contribution in [0.25, 0.3) is 0 Å². The van der Waals surface area contributed by atoms with Gasteiger partial charge in [-0.1, -0.05) is 30.3 Å². The second-order valence-corrected chi connectivity index (χ2v) is 5.38. The van der Waals surface area contributed by atoms with E-state index >= 15 is 0 Å². The number of hydrogen-bond acceptors (Lipinski definition) is 2. The number of carbonyl (C=O) groups is 1. The predicted octanol–water partition coefficient (Wildman–Crippen LogP) is 2.16. The lowest BCUT2D eigenvalue weighted by Gasteiger charge is -2.35. The maximum atomic E-state index is 12.5. The van der Waals surface area contributed by atoms with Gasteiger partial charge in [0.25, 0.3) is 0 Å². The van der Waals surface area contributed by atoms with Gasteiger partial charge in [-0.3, -0.25) is 4.79 Å². The van der Waals surface area contributed by atoms with E-state index in [1.54, 1.807) is 0 Å². The smallest absolute Gasteiger partial charge is 0.230 e. The van der Waals surface area contributed by atoms with Crippen LogP contribution in [0.3, 0.4) is 0 Å². The molecule has 1 amide bonds. The summed E-state index contributed by atoms with van der Waals surface area (Å²) in [5.41, 5.74) is 0.662. The van der Waals surface area contributed by atoms with Crippen LogP contribution in [0.15, 0.2) is 30.3 Å². The number of nitrogens with zero attached hydrogens (tertiary/aromatic N) is 1. The predicted molar refractivity (Wildman–Crippen MR) is 71.3 cm³/mol. The van der Waals surface area contributed by atoms with E-state index in [1.165, 1.54) is 0 Å². The largest absolute Gasteiger partial charge is 0.394 e. The topological polar surface area (TPSA) is 40.5 Å². The molecule has 1 aliphatic rings. The van der Waals surface area contributed by atoms with E-state index in [1.807, 2.05) is 49.1 Å². The standard InChI is InChI=1S/C15H21NO2/c1-12(13-7-4-3-5-8-13)14(18)16-10-6-9-15(16,2)11-17/h3-5,7-8,12,17H,6,9-11H2,1-2H3/t12-,15?/m0/s1. The molecule has 98 valence electrons. The van der Waals surface area contributed by atoms with E-state index in [-0.39, 0.29) is 24.0 Å². The number of amides is 1. The molecular formula is C15H21NO2. The Labute approximate surface area is 108 Å². The summed E-state index contributed by atoms with van der Waals surface area (Å²) in [7, 11) is 0. The molecule has 0 aliphatic carbocycles. The van der Waals surface area contributed by atoms with Gasteiger partial charge in [-0.2, -0.15) is 0 Å². The van der Waals surface area contributed by atoms with Gasteiger partial charge in [0, 0.05) is 6.54 Å². The number of benzene rings is 1. The minimum Gasteiger partial charge on any atom is -0.394 e. The van der Waals surface area contributed by atoms with Crippen LogP contribution in [-0.4, -0.2) is 34.6 Å². The first-order valence-electron chi connectivity index (χ1n) is 6.56. The monoisotopic (exact) mass is 247 g/mol. The van der Waals surface area contributed by atoms with Gasteiger partial charge >= 0.3 is 0 Å². The van der Waals surface area contributed by atoms with Crippen molar-refractivity contribution in [2.75, 3.05) is 13.2 Å². The molecule has 2 rings (SSSR count). The minimum absolute atomic E-state index is 0.0419. The first kappa shape index (κ1) is 13.1. The molecule has 1 saturated heterocycles. The fourth-order valence-electron chi connectivity index (χ4n) is 2.68. The second kappa shape index (κ2) is 5.11. The molecule has 3 nitrogen and oxygen atoms in total. The Morgan fingerprint density at radius 1 is 1.44 bits per heavy atom. The maximum Gasteiger partial charge on any atom is 0.230 e. The van der Waals surface area contributed by atoms with Gasteiger partial charge in [0.15, 0.2) is 0 Å². The maximum absolute atomic E-state index is 12.5. The summed E-state index contributed by atoms with van der Waals surface area (Å²) >= 11 is 0. The van der Waals surface area contributed by atoms with Crippen LogP contribution in [0.5, 0.6) is 0 Å². The zero-order valence-electron chi connectivity index (χ0n) is 11.1. The number of rotatable bonds is 3. The third-order valence-electron chi connectivity index (χ3n) is 4.03. The number of likely N-dealkylation sites (tertiary alicyclic amines) is 1. The van der Waals surface area contributed by atoms with Crippen LogP contribution >= 0.6 is 0 Å². The summed E-state index contributed by atoms with van der Waals surface area (Å²) in [6.45, 7) is 4.71. The van der Waals surface area contributed by atoms with Crippen LogP contribution in [0.1, 0.15) is 38.2 Å². The molecule has 1 fully saturated rings. The fourth-order valence-corrected chi connectivity index (χ4v) is 2.68. The molecule has 1 aromatic rings. The molecule has 2 atom stereocenters. The molecule has 1 unspecified atom stereocenters. The van der Waals surface area contributed by atoms with Crippen LogP contribution in [0.4, 0.5) is 0 Å². The lowest BCUT2D eigenvalue weighted by Crippen LogP contribution is -2.49. The van der Waals surface area contributed by atoms with E-state index < -0.39 is 0 Å². The number of aliphatic hydroxyl groups excluding tert-OH is 1. The highest BCUT2D eigenvalue weighted by Crippen LogP contribution is 2.31. The van der Waals surface area contributed by atoms with E-state index in [0.717, 1.165) is 24.9 Å². The van der Waals surface area contributed by atoms with Crippen molar-refractivity contribution in [3.05, 3.63) is 35.9 Å². The molecule has 0 aromatic heterocycles. The molecule has 1 aliphatic heterocycles. The van der Waals surface area contributed by atoms with Crippen LogP contribution < -0.4 is 0 Å². The summed E-state index contributed by atoms with van der Waals surface area (Å²) in [6, 6.07) is 9.82. The molecule has 0 radical (unpaired) electrons. The van der Waals surface area contributed by atoms with Crippen LogP contribution in [0.2, 0.25) is 0 Å². The average Bonchev–Trinajstić information content (AvgIpc) is 2.81. The fraction of sp³-hybridized carbons (Fsp3) is 0.533. The quantitative estimate of drug-likeness (QED) is 0.889. The highest BCUT2D eigenvalue weighted by atomic mass is 16.3. The molecule has 0 saturated carbocycles. The van der Waals surface area contributed by atoms with Crippen molar-refractivity contribution in [3.8, 4) is 0 Å². The van der Waals surface area contributed by atoms with Crippen molar-refractivity contribution in [1.82, 2.24) is 4.90 Å². The van der Waals surface area contributed by atoms with Crippen LogP contribution in [-0.2, 0) is 4.79 Å². The zero-order valence-corrected chi connectivity index (χ0v) is 11.1. The van der Waals surface area contributed by atoms with Crippen molar-refractivity contribution < 1.29 is 9.90 Å². The van der Waals surface area contributed by atoms with Gasteiger partial charge in [0.05, 0.1) is 18.1 Å². The Hall–Kier alpha value is -1.35. The lowest BCUT2D eigenvalue weighted by molar-refractivity contribution is -0.137. The summed E-state index contributed by atoms with van der Waals surface area (Å²) in [5.74, 6) is -0.0228. The average molecular weight is 247 g/mol. The number of hydrogen-bond donors (Lipinski definition) is 1. The van der Waals surface area contributed by atoms with Gasteiger partial charge in [0.1, 0.15) is 0 Å². The first-order chi connectivity index (χ1) is 8.58. The Morgan fingerprint density at radius 2 is 2.11 bits per heavy atom. The van der Waals surface area contributed by atoms with E-state index in [0.29, 0.717) is 0 Å². The Kier molecular flexibility index (Phi) is 3.71. The van der Waals surface area contributed by atoms with Crippen molar-refractivity contribution in [2.24, 2.45) is 0 Å². The van der Waals surface area contributed by atoms with Gasteiger partial charge in [-0.15, -0.1) is 0 Å². The summed E-state index contributed by atoms with van der Waals surface area (Å²) in [6.07, 6.45) is 1.86. The summed E-state index contributed by atoms with van der Waals surface area (Å²) < 4.78 is 0. The summed E-state index contributed by atoms with van der Waals surface area (Å²) in [5, 5.41) is 9.50. The second-order valence-electron chi connectivity index (χ2n) is 5.38. The lowest BCUT2D eigenvalue weighted by atomic mass is 9.95. The first-order valence-corrected chi connectivity index (χ1v) is 6.56. The summed E-state index contributed by atoms with van der Waals surface area (Å²) in [4.78, 5) is 14.4. The van der Waals surface area contributed by atoms with E-state index in [2.05, 4.69) is 0 Å². The Balaban J connectivity index is 2.17. The van der Waals surface area contributed by atoms with Gasteiger partial charge in [-0.25, -0.2) is 0 Å². The van der Waals surface area contributed by atoms with Crippen molar-refractivity contribution in [3.63, 3.8) is 0 Å². The molecule has 18 heavy (non-hydrogen) atoms. The Morgan fingerprint density at radius 3 is 2.72 bits per heavy atom. The SMILES string of the molecule is C[C@H](C(=O)N1CCCC1(C)CO)c1ccccc1. The Bertz CT molecular complexity index is 418. The van der Waals surface area contributed by atoms with Gasteiger partial charge in [-0.05, 0) is 32.3 Å². The highest BCUT2D eigenvalue weighted by Gasteiger charge is 2.40. The van der Waals surface area contributed by atoms with Gasteiger partial charge < -0.3 is 10.0 Å². The zero-order chi connectivity index (χ0) is 13.2. The molecule has 0 spiro atoms. The molecule has 1 N–H and O–H groups in total. The molecule has 1 aromatic carbocycles. The normalized spacial score (nSPS) is 25.2. The molecule has 3 heteroatoms. The molecule has 0 bridgehead atoms. The molecular weight excluding hydrogens is 226 g/mol. The highest BCUT2D eigenvalue weighted by molar-refractivity contribution is 5.84. The molecule has 1 heterocycles. The number of carbonyl (C=O) groups excluding carboxylic acids is 1. The van der Waals surface area contributed by atoms with E-state index in [4.69, 9.17) is 0 Å². The minimum atomic E-state index is -0.375. The van der Waals surface area contributed by atoms with Crippen LogP contribution in [0, 0.1) is 0 Å². The van der Waals surface area contributed by atoms with Crippen molar-refractivity contribution in [1.29, 1.82) is 0 Å². The van der Waals surface area contributed by atoms with E-state index in [9.17, 15) is 9.90 Å².